The van der Waals surface area contributed by atoms with E-state index in [1.54, 1.807) is 0 Å². The Bertz CT molecular complexity index is 986. The van der Waals surface area contributed by atoms with Crippen molar-refractivity contribution in [1.82, 2.24) is 4.90 Å². The molecule has 6 nitrogen and oxygen atoms in total. The van der Waals surface area contributed by atoms with Crippen LogP contribution in [0.3, 0.4) is 0 Å². The molecule has 0 saturated carbocycles. The fourth-order valence-corrected chi connectivity index (χ4v) is 5.67. The monoisotopic (exact) mass is 422 g/mol. The van der Waals surface area contributed by atoms with Crippen LogP contribution in [0.25, 0.3) is 6.08 Å². The normalized spacial score (nSPS) is 31.8. The number of rotatable bonds is 3. The van der Waals surface area contributed by atoms with Crippen molar-refractivity contribution in [3.05, 3.63) is 35.4 Å². The molecule has 164 valence electrons. The van der Waals surface area contributed by atoms with E-state index in [1.165, 1.54) is 4.90 Å². The van der Waals surface area contributed by atoms with Gasteiger partial charge in [0.1, 0.15) is 6.04 Å². The van der Waals surface area contributed by atoms with E-state index in [2.05, 4.69) is 11.0 Å². The molecular formula is C25H30N2O4. The van der Waals surface area contributed by atoms with E-state index < -0.39 is 23.3 Å². The number of Topliss-reactive ketones (excluding diaryl/α,β-unsaturated/α-hetero) is 1. The van der Waals surface area contributed by atoms with Gasteiger partial charge < -0.3 is 9.64 Å². The Balaban J connectivity index is 1.58. The summed E-state index contributed by atoms with van der Waals surface area (Å²) in [6, 6.07) is 5.19. The van der Waals surface area contributed by atoms with Gasteiger partial charge in [-0.2, -0.15) is 0 Å². The van der Waals surface area contributed by atoms with E-state index in [1.807, 2.05) is 52.0 Å². The van der Waals surface area contributed by atoms with Crippen LogP contribution in [0.1, 0.15) is 44.7 Å². The summed E-state index contributed by atoms with van der Waals surface area (Å²) in [6.07, 6.45) is 5.76. The van der Waals surface area contributed by atoms with Gasteiger partial charge in [-0.15, -0.1) is 0 Å². The first-order chi connectivity index (χ1) is 14.7. The second-order valence-electron chi connectivity index (χ2n) is 10.4. The molecule has 5 rings (SSSR count). The summed E-state index contributed by atoms with van der Waals surface area (Å²) in [5.41, 5.74) is 2.47. The number of aryl methyl sites for hydroxylation is 1. The molecule has 0 aliphatic carbocycles. The van der Waals surface area contributed by atoms with E-state index in [9.17, 15) is 14.4 Å². The first kappa shape index (κ1) is 20.4. The van der Waals surface area contributed by atoms with Crippen LogP contribution in [0, 0.1) is 24.2 Å². The quantitative estimate of drug-likeness (QED) is 0.701. The van der Waals surface area contributed by atoms with Crippen LogP contribution in [-0.2, 0) is 19.1 Å². The molecule has 3 fully saturated rings. The third-order valence-corrected chi connectivity index (χ3v) is 7.17. The zero-order chi connectivity index (χ0) is 22.1. The van der Waals surface area contributed by atoms with E-state index >= 15 is 0 Å². The van der Waals surface area contributed by atoms with Crippen molar-refractivity contribution in [2.45, 2.75) is 58.7 Å². The number of imide groups is 1. The number of amides is 2. The van der Waals surface area contributed by atoms with E-state index in [0.717, 1.165) is 29.7 Å². The highest BCUT2D eigenvalue weighted by molar-refractivity contribution is 6.11. The van der Waals surface area contributed by atoms with E-state index in [4.69, 9.17) is 4.74 Å². The summed E-state index contributed by atoms with van der Waals surface area (Å²) >= 11 is 0. The van der Waals surface area contributed by atoms with Crippen LogP contribution in [-0.4, -0.2) is 53.8 Å². The highest BCUT2D eigenvalue weighted by Gasteiger charge is 2.64. The topological polar surface area (TPSA) is 66.9 Å². The first-order valence-electron chi connectivity index (χ1n) is 11.3. The van der Waals surface area contributed by atoms with Gasteiger partial charge in [0.2, 0.25) is 11.8 Å². The van der Waals surface area contributed by atoms with Crippen molar-refractivity contribution in [2.75, 3.05) is 18.1 Å². The Labute approximate surface area is 183 Å². The maximum absolute atomic E-state index is 13.7. The minimum absolute atomic E-state index is 0.00643. The lowest BCUT2D eigenvalue weighted by atomic mass is 9.79. The fourth-order valence-electron chi connectivity index (χ4n) is 5.67. The van der Waals surface area contributed by atoms with Gasteiger partial charge >= 0.3 is 0 Å². The van der Waals surface area contributed by atoms with Crippen molar-refractivity contribution < 1.29 is 19.1 Å². The molecule has 0 aromatic heterocycles. The molecule has 1 aromatic rings. The third-order valence-electron chi connectivity index (χ3n) is 7.17. The number of ketones is 1. The van der Waals surface area contributed by atoms with Gasteiger partial charge in [-0.05, 0) is 37.5 Å². The Morgan fingerprint density at radius 2 is 1.90 bits per heavy atom. The van der Waals surface area contributed by atoms with Gasteiger partial charge in [-0.1, -0.05) is 44.6 Å². The number of hydrogen-bond donors (Lipinski definition) is 0. The van der Waals surface area contributed by atoms with Gasteiger partial charge in [0.15, 0.2) is 5.78 Å². The Hall–Kier alpha value is -2.47. The number of hydrogen-bond acceptors (Lipinski definition) is 5. The molecular weight excluding hydrogens is 392 g/mol. The number of nitrogens with zero attached hydrogens (tertiary/aromatic N) is 2. The highest BCUT2D eigenvalue weighted by atomic mass is 16.5. The summed E-state index contributed by atoms with van der Waals surface area (Å²) in [4.78, 5) is 44.2. The molecule has 0 N–H and O–H groups in total. The number of likely N-dealkylation sites (tertiary alicyclic amines) is 1. The Morgan fingerprint density at radius 1 is 1.16 bits per heavy atom. The van der Waals surface area contributed by atoms with Crippen molar-refractivity contribution in [3.8, 4) is 0 Å². The summed E-state index contributed by atoms with van der Waals surface area (Å²) in [7, 11) is 0. The van der Waals surface area contributed by atoms with Crippen LogP contribution in [0.4, 0.5) is 5.69 Å². The lowest BCUT2D eigenvalue weighted by Crippen LogP contribution is -2.52. The number of benzene rings is 1. The van der Waals surface area contributed by atoms with Crippen LogP contribution in [0.5, 0.6) is 0 Å². The minimum Gasteiger partial charge on any atom is -0.376 e. The highest BCUT2D eigenvalue weighted by Crippen LogP contribution is 2.50. The standard InChI is InChI=1S/C25H30N2O4/c1-14-7-9-17-15(12-14)8-10-18-19-20(21(27(17)18)22(28)25(2,3)4)24(30)26(23(19)29)13-16-6-5-11-31-16/h7-10,12,16,18-21H,5-6,11,13H2,1-4H3/t16-,18+,19+,20-,21-/m0/s1. The molecule has 31 heavy (non-hydrogen) atoms. The molecule has 6 heteroatoms. The van der Waals surface area contributed by atoms with Crippen molar-refractivity contribution in [1.29, 1.82) is 0 Å². The third kappa shape index (κ3) is 3.06. The molecule has 0 spiro atoms. The van der Waals surface area contributed by atoms with Crippen LogP contribution in [0.2, 0.25) is 0 Å². The first-order valence-corrected chi connectivity index (χ1v) is 11.3. The minimum atomic E-state index is -0.650. The average molecular weight is 423 g/mol. The lowest BCUT2D eigenvalue weighted by molar-refractivity contribution is -0.143. The average Bonchev–Trinajstić information content (AvgIpc) is 3.40. The maximum Gasteiger partial charge on any atom is 0.235 e. The van der Waals surface area contributed by atoms with Crippen LogP contribution in [0.15, 0.2) is 24.3 Å². The van der Waals surface area contributed by atoms with Crippen molar-refractivity contribution in [2.24, 2.45) is 17.3 Å². The lowest BCUT2D eigenvalue weighted by Gasteiger charge is -2.38. The number of carbonyl (C=O) groups excluding carboxylic acids is 3. The molecule has 4 heterocycles. The molecule has 4 aliphatic rings. The smallest absolute Gasteiger partial charge is 0.235 e. The number of fused-ring (bicyclic) bond motifs is 5. The second kappa shape index (κ2) is 7.02. The summed E-state index contributed by atoms with van der Waals surface area (Å²) in [6.45, 7) is 8.67. The molecule has 5 atom stereocenters. The largest absolute Gasteiger partial charge is 0.376 e. The molecule has 2 amide bonds. The molecule has 1 aromatic carbocycles. The van der Waals surface area contributed by atoms with E-state index in [-0.39, 0.29) is 29.7 Å². The van der Waals surface area contributed by atoms with E-state index in [0.29, 0.717) is 13.2 Å². The molecule has 0 bridgehead atoms. The summed E-state index contributed by atoms with van der Waals surface area (Å²) in [5, 5.41) is 0. The van der Waals surface area contributed by atoms with Gasteiger partial charge in [-0.25, -0.2) is 0 Å². The zero-order valence-corrected chi connectivity index (χ0v) is 18.6. The zero-order valence-electron chi connectivity index (χ0n) is 18.6. The predicted molar refractivity (Wildman–Crippen MR) is 117 cm³/mol. The van der Waals surface area contributed by atoms with Gasteiger partial charge in [0.05, 0.1) is 30.5 Å². The van der Waals surface area contributed by atoms with Gasteiger partial charge in [-0.3, -0.25) is 19.3 Å². The summed E-state index contributed by atoms with van der Waals surface area (Å²) < 4.78 is 5.69. The summed E-state index contributed by atoms with van der Waals surface area (Å²) in [5.74, 6) is -1.56. The van der Waals surface area contributed by atoms with Crippen molar-refractivity contribution in [3.63, 3.8) is 0 Å². The number of ether oxygens (including phenoxy) is 1. The van der Waals surface area contributed by atoms with Gasteiger partial charge in [0, 0.05) is 17.7 Å². The van der Waals surface area contributed by atoms with Gasteiger partial charge in [0.25, 0.3) is 0 Å². The van der Waals surface area contributed by atoms with Crippen LogP contribution < -0.4 is 4.90 Å². The number of carbonyl (C=O) groups is 3. The molecule has 0 unspecified atom stereocenters. The second-order valence-corrected chi connectivity index (χ2v) is 10.4. The molecule has 4 aliphatic heterocycles. The maximum atomic E-state index is 13.7. The number of anilines is 1. The Morgan fingerprint density at radius 3 is 2.58 bits per heavy atom. The molecule has 0 radical (unpaired) electrons. The van der Waals surface area contributed by atoms with Crippen molar-refractivity contribution >= 4 is 29.4 Å². The fraction of sp³-hybridized carbons (Fsp3) is 0.560. The predicted octanol–water partition coefficient (Wildman–Crippen LogP) is 2.97. The van der Waals surface area contributed by atoms with Crippen LogP contribution >= 0.6 is 0 Å². The Kier molecular flexibility index (Phi) is 4.63. The molecule has 3 saturated heterocycles. The SMILES string of the molecule is Cc1ccc2c(c1)C=C[C@@H]1[C@H]3C(=O)N(C[C@@H]4CCCO4)C(=O)[C@@H]3[C@@H](C(=O)C(C)(C)C)N21.